The molecule has 0 saturated heterocycles. The van der Waals surface area contributed by atoms with Crippen molar-refractivity contribution in [3.63, 3.8) is 0 Å². The number of carbonyl (C=O) groups excluding carboxylic acids is 1. The molecule has 2 aliphatic rings. The molecule has 5 rings (SSSR count). The molecule has 0 radical (unpaired) electrons. The fraction of sp³-hybridized carbons (Fsp3) is 0.241. The standard InChI is InChI=1S/C29H28N4O3S2/c1-3-19(2)22-8-4-5-9-24(22)36-16-7-15-35-21-13-11-20(12-14-21)18-23-26(30)33-29(31-27(23)34)38-28(32-33)25-10-6-17-37-25/h4-6,8-14,17-19,30H,3,7,15-16H2,1-2H3/b23-18-,30-26?/t19-/m1/s1. The van der Waals surface area contributed by atoms with Gasteiger partial charge in [0.05, 0.1) is 23.7 Å². The Hall–Kier alpha value is -3.69. The summed E-state index contributed by atoms with van der Waals surface area (Å²) in [6, 6.07) is 19.5. The lowest BCUT2D eigenvalue weighted by Crippen LogP contribution is -2.35. The fourth-order valence-corrected chi connectivity index (χ4v) is 5.67. The zero-order valence-electron chi connectivity index (χ0n) is 21.2. The van der Waals surface area contributed by atoms with Crippen LogP contribution in [-0.2, 0) is 4.79 Å². The number of amidine groups is 2. The number of hydrogen-bond donors (Lipinski definition) is 1. The number of fused-ring (bicyclic) bond motifs is 1. The summed E-state index contributed by atoms with van der Waals surface area (Å²) >= 11 is 2.86. The fourth-order valence-electron chi connectivity index (χ4n) is 3.99. The first-order chi connectivity index (χ1) is 18.5. The predicted octanol–water partition coefficient (Wildman–Crippen LogP) is 6.78. The molecule has 7 nitrogen and oxygen atoms in total. The SMILES string of the molecule is CC[C@@H](C)c1ccccc1OCCCOc1ccc(/C=C2/C(=N)N3N=C(c4cccs4)SC3=NC2=O)cc1. The van der Waals surface area contributed by atoms with E-state index in [1.165, 1.54) is 22.3 Å². The predicted molar refractivity (Wildman–Crippen MR) is 156 cm³/mol. The third kappa shape index (κ3) is 5.74. The second-order valence-corrected chi connectivity index (χ2v) is 10.8. The third-order valence-corrected chi connectivity index (χ3v) is 8.20. The smallest absolute Gasteiger partial charge is 0.283 e. The van der Waals surface area contributed by atoms with Gasteiger partial charge in [0.2, 0.25) is 5.17 Å². The van der Waals surface area contributed by atoms with Crippen molar-refractivity contribution < 1.29 is 14.3 Å². The van der Waals surface area contributed by atoms with Crippen molar-refractivity contribution in [2.24, 2.45) is 10.1 Å². The van der Waals surface area contributed by atoms with Crippen LogP contribution in [0.5, 0.6) is 11.5 Å². The summed E-state index contributed by atoms with van der Waals surface area (Å²) in [4.78, 5) is 17.8. The number of nitrogens with one attached hydrogen (secondary N) is 1. The van der Waals surface area contributed by atoms with Gasteiger partial charge in [-0.05, 0) is 70.9 Å². The number of para-hydroxylation sites is 1. The van der Waals surface area contributed by atoms with Gasteiger partial charge in [-0.3, -0.25) is 10.2 Å². The summed E-state index contributed by atoms with van der Waals surface area (Å²) in [5, 5.41) is 17.6. The highest BCUT2D eigenvalue weighted by Gasteiger charge is 2.36. The molecule has 1 amide bonds. The van der Waals surface area contributed by atoms with Gasteiger partial charge >= 0.3 is 0 Å². The minimum Gasteiger partial charge on any atom is -0.493 e. The maximum absolute atomic E-state index is 12.7. The number of thiophene rings is 1. The Morgan fingerprint density at radius 2 is 1.84 bits per heavy atom. The molecule has 0 bridgehead atoms. The Bertz CT molecular complexity index is 1410. The van der Waals surface area contributed by atoms with Crippen LogP contribution in [0, 0.1) is 5.41 Å². The molecule has 1 atom stereocenters. The zero-order valence-corrected chi connectivity index (χ0v) is 22.8. The van der Waals surface area contributed by atoms with Crippen molar-refractivity contribution >= 4 is 51.1 Å². The summed E-state index contributed by atoms with van der Waals surface area (Å²) in [5.74, 6) is 1.72. The molecule has 1 aromatic heterocycles. The molecule has 0 unspecified atom stereocenters. The molecule has 0 saturated carbocycles. The Kier molecular flexibility index (Phi) is 8.05. The minimum atomic E-state index is -0.438. The number of thioether (sulfide) groups is 1. The lowest BCUT2D eigenvalue weighted by atomic mass is 9.98. The molecule has 194 valence electrons. The highest BCUT2D eigenvalue weighted by atomic mass is 32.2. The largest absolute Gasteiger partial charge is 0.493 e. The average Bonchev–Trinajstić information content (AvgIpc) is 3.62. The van der Waals surface area contributed by atoms with Gasteiger partial charge in [-0.1, -0.05) is 50.2 Å². The van der Waals surface area contributed by atoms with Gasteiger partial charge in [0.1, 0.15) is 16.5 Å². The molecule has 3 heterocycles. The number of hydrogen-bond acceptors (Lipinski definition) is 7. The molecule has 0 aliphatic carbocycles. The Morgan fingerprint density at radius 3 is 2.61 bits per heavy atom. The van der Waals surface area contributed by atoms with E-state index in [2.05, 4.69) is 36.1 Å². The van der Waals surface area contributed by atoms with Crippen molar-refractivity contribution in [1.82, 2.24) is 5.01 Å². The van der Waals surface area contributed by atoms with Crippen LogP contribution in [0.15, 0.2) is 81.7 Å². The second kappa shape index (κ2) is 11.8. The maximum Gasteiger partial charge on any atom is 0.283 e. The first-order valence-corrected chi connectivity index (χ1v) is 14.2. The van der Waals surface area contributed by atoms with Gasteiger partial charge in [0, 0.05) is 6.42 Å². The van der Waals surface area contributed by atoms with E-state index in [0.29, 0.717) is 24.3 Å². The molecule has 2 aromatic carbocycles. The monoisotopic (exact) mass is 544 g/mol. The number of hydrazone groups is 1. The van der Waals surface area contributed by atoms with E-state index in [9.17, 15) is 4.79 Å². The van der Waals surface area contributed by atoms with Gasteiger partial charge in [0.25, 0.3) is 5.91 Å². The summed E-state index contributed by atoms with van der Waals surface area (Å²) in [6.07, 6.45) is 3.50. The summed E-state index contributed by atoms with van der Waals surface area (Å²) in [6.45, 7) is 5.50. The first-order valence-electron chi connectivity index (χ1n) is 12.5. The van der Waals surface area contributed by atoms with E-state index in [4.69, 9.17) is 14.9 Å². The van der Waals surface area contributed by atoms with Gasteiger partial charge < -0.3 is 9.47 Å². The van der Waals surface area contributed by atoms with Crippen molar-refractivity contribution in [2.75, 3.05) is 13.2 Å². The van der Waals surface area contributed by atoms with Crippen LogP contribution >= 0.6 is 23.1 Å². The quantitative estimate of drug-likeness (QED) is 0.225. The normalized spacial score (nSPS) is 16.8. The van der Waals surface area contributed by atoms with Crippen LogP contribution in [-0.4, -0.2) is 40.2 Å². The van der Waals surface area contributed by atoms with Gasteiger partial charge in [-0.15, -0.1) is 11.3 Å². The number of nitrogens with zero attached hydrogens (tertiary/aromatic N) is 3. The molecule has 3 aromatic rings. The zero-order chi connectivity index (χ0) is 26.5. The number of carbonyl (C=O) groups is 1. The Morgan fingerprint density at radius 1 is 1.05 bits per heavy atom. The first kappa shape index (κ1) is 25.9. The van der Waals surface area contributed by atoms with E-state index < -0.39 is 5.91 Å². The van der Waals surface area contributed by atoms with Crippen molar-refractivity contribution in [2.45, 2.75) is 32.6 Å². The summed E-state index contributed by atoms with van der Waals surface area (Å²) in [5.41, 5.74) is 2.22. The molecule has 9 heteroatoms. The Labute approximate surface area is 230 Å². The van der Waals surface area contributed by atoms with Gasteiger partial charge in [-0.2, -0.15) is 15.1 Å². The second-order valence-electron chi connectivity index (χ2n) is 8.87. The number of rotatable bonds is 10. The number of ether oxygens (including phenoxy) is 2. The van der Waals surface area contributed by atoms with Crippen LogP contribution in [0.25, 0.3) is 6.08 Å². The van der Waals surface area contributed by atoms with Crippen LogP contribution in [0.3, 0.4) is 0 Å². The van der Waals surface area contributed by atoms with Crippen LogP contribution in [0.4, 0.5) is 0 Å². The average molecular weight is 545 g/mol. The number of aliphatic imine (C=N–C) groups is 1. The van der Waals surface area contributed by atoms with E-state index in [1.54, 1.807) is 17.4 Å². The third-order valence-electron chi connectivity index (χ3n) is 6.25. The molecule has 2 aliphatic heterocycles. The molecule has 0 fully saturated rings. The summed E-state index contributed by atoms with van der Waals surface area (Å²) in [7, 11) is 0. The van der Waals surface area contributed by atoms with Crippen molar-refractivity contribution in [3.05, 3.63) is 87.6 Å². The summed E-state index contributed by atoms with van der Waals surface area (Å²) < 4.78 is 11.9. The van der Waals surface area contributed by atoms with Crippen molar-refractivity contribution in [3.8, 4) is 11.5 Å². The van der Waals surface area contributed by atoms with Crippen LogP contribution < -0.4 is 9.47 Å². The van der Waals surface area contributed by atoms with E-state index in [-0.39, 0.29) is 11.4 Å². The van der Waals surface area contributed by atoms with Crippen LogP contribution in [0.1, 0.15) is 48.6 Å². The molecular weight excluding hydrogens is 516 g/mol. The lowest BCUT2D eigenvalue weighted by molar-refractivity contribution is -0.114. The highest BCUT2D eigenvalue weighted by molar-refractivity contribution is 8.27. The van der Waals surface area contributed by atoms with Gasteiger partial charge in [0.15, 0.2) is 5.84 Å². The molecule has 38 heavy (non-hydrogen) atoms. The van der Waals surface area contributed by atoms with E-state index in [0.717, 1.165) is 39.8 Å². The van der Waals surface area contributed by atoms with Crippen LogP contribution in [0.2, 0.25) is 0 Å². The van der Waals surface area contributed by atoms with Crippen molar-refractivity contribution in [1.29, 1.82) is 5.41 Å². The lowest BCUT2D eigenvalue weighted by Gasteiger charge is -2.20. The maximum atomic E-state index is 12.7. The minimum absolute atomic E-state index is 0.0225. The van der Waals surface area contributed by atoms with E-state index >= 15 is 0 Å². The highest BCUT2D eigenvalue weighted by Crippen LogP contribution is 2.32. The number of benzene rings is 2. The Balaban J connectivity index is 1.15. The van der Waals surface area contributed by atoms with E-state index in [1.807, 2.05) is 53.9 Å². The molecule has 1 N–H and O–H groups in total. The number of amides is 1. The molecular formula is C29H28N4O3S2. The molecule has 0 spiro atoms. The van der Waals surface area contributed by atoms with Gasteiger partial charge in [-0.25, -0.2) is 0 Å². The topological polar surface area (TPSA) is 87.3 Å².